The van der Waals surface area contributed by atoms with Gasteiger partial charge in [0.25, 0.3) is 0 Å². The van der Waals surface area contributed by atoms with Crippen LogP contribution in [0.15, 0.2) is 29.2 Å². The fourth-order valence-electron chi connectivity index (χ4n) is 4.08. The van der Waals surface area contributed by atoms with Gasteiger partial charge >= 0.3 is 22.1 Å². The molecule has 9 nitrogen and oxygen atoms in total. The van der Waals surface area contributed by atoms with Gasteiger partial charge in [0.15, 0.2) is 0 Å². The molecule has 158 valence electrons. The largest absolute Gasteiger partial charge is 0.479 e. The van der Waals surface area contributed by atoms with Crippen molar-refractivity contribution in [3.8, 4) is 0 Å². The van der Waals surface area contributed by atoms with E-state index in [4.69, 9.17) is 5.73 Å². The van der Waals surface area contributed by atoms with Crippen molar-refractivity contribution in [2.45, 2.75) is 36.4 Å². The van der Waals surface area contributed by atoms with E-state index in [0.717, 1.165) is 5.56 Å². The molecule has 1 aromatic rings. The Morgan fingerprint density at radius 1 is 1.31 bits per heavy atom. The van der Waals surface area contributed by atoms with E-state index in [-0.39, 0.29) is 17.9 Å². The van der Waals surface area contributed by atoms with Crippen LogP contribution in [0.25, 0.3) is 0 Å². The van der Waals surface area contributed by atoms with E-state index in [0.29, 0.717) is 0 Å². The molecular formula is C18H21FN2O7S. The SMILES string of the molecule is Cc1ccc(S(=O)(=O)OC(=O)[C@H]2[C@H]3[C@@H]2[C@](NC(=O)CCN)(C(=O)O)C[C@H]3F)cc1. The van der Waals surface area contributed by atoms with Gasteiger partial charge in [-0.05, 0) is 19.1 Å². The van der Waals surface area contributed by atoms with Crippen LogP contribution < -0.4 is 11.1 Å². The van der Waals surface area contributed by atoms with Gasteiger partial charge < -0.3 is 20.3 Å². The second-order valence-electron chi connectivity index (χ2n) is 7.38. The first-order valence-corrected chi connectivity index (χ1v) is 10.4. The number of carboxylic acid groups (broad SMARTS) is 1. The van der Waals surface area contributed by atoms with Crippen molar-refractivity contribution in [2.75, 3.05) is 6.54 Å². The molecule has 0 radical (unpaired) electrons. The molecular weight excluding hydrogens is 407 g/mol. The summed E-state index contributed by atoms with van der Waals surface area (Å²) in [6, 6.07) is 5.57. The van der Waals surface area contributed by atoms with Crippen molar-refractivity contribution in [1.82, 2.24) is 5.32 Å². The number of benzene rings is 1. The first-order valence-electron chi connectivity index (χ1n) is 8.97. The van der Waals surface area contributed by atoms with Gasteiger partial charge in [-0.25, -0.2) is 9.18 Å². The van der Waals surface area contributed by atoms with Crippen molar-refractivity contribution in [2.24, 2.45) is 23.5 Å². The number of aryl methyl sites for hydroxylation is 1. The summed E-state index contributed by atoms with van der Waals surface area (Å²) in [7, 11) is -4.44. The highest BCUT2D eigenvalue weighted by Gasteiger charge is 2.76. The van der Waals surface area contributed by atoms with Crippen molar-refractivity contribution in [3.63, 3.8) is 0 Å². The molecule has 5 atom stereocenters. The maximum Gasteiger partial charge on any atom is 0.341 e. The summed E-state index contributed by atoms with van der Waals surface area (Å²) in [5.41, 5.74) is 4.07. The Kier molecular flexibility index (Phi) is 5.39. The molecule has 4 N–H and O–H groups in total. The van der Waals surface area contributed by atoms with Gasteiger partial charge in [0.05, 0.1) is 5.92 Å². The van der Waals surface area contributed by atoms with Crippen LogP contribution >= 0.6 is 0 Å². The predicted molar refractivity (Wildman–Crippen MR) is 96.6 cm³/mol. The minimum absolute atomic E-state index is 0.0328. The lowest BCUT2D eigenvalue weighted by Gasteiger charge is -2.29. The average molecular weight is 428 g/mol. The van der Waals surface area contributed by atoms with Crippen LogP contribution in [0, 0.1) is 24.7 Å². The Balaban J connectivity index is 1.80. The molecule has 1 amide bonds. The first kappa shape index (κ1) is 21.2. The number of carboxylic acids is 1. The molecule has 11 heteroatoms. The van der Waals surface area contributed by atoms with Crippen molar-refractivity contribution < 1.29 is 36.5 Å². The maximum absolute atomic E-state index is 14.5. The maximum atomic E-state index is 14.5. The van der Waals surface area contributed by atoms with Crippen LogP contribution in [0.1, 0.15) is 18.4 Å². The van der Waals surface area contributed by atoms with Gasteiger partial charge in [-0.15, -0.1) is 0 Å². The van der Waals surface area contributed by atoms with Crippen molar-refractivity contribution in [1.29, 1.82) is 0 Å². The number of nitrogens with one attached hydrogen (secondary N) is 1. The lowest BCUT2D eigenvalue weighted by molar-refractivity contribution is -0.150. The summed E-state index contributed by atoms with van der Waals surface area (Å²) in [5.74, 6) is -6.83. The summed E-state index contributed by atoms with van der Waals surface area (Å²) in [4.78, 5) is 36.0. The molecule has 0 spiro atoms. The van der Waals surface area contributed by atoms with E-state index in [9.17, 15) is 32.3 Å². The highest BCUT2D eigenvalue weighted by molar-refractivity contribution is 7.87. The number of fused-ring (bicyclic) bond motifs is 1. The first-order chi connectivity index (χ1) is 13.5. The number of carbonyl (C=O) groups excluding carboxylic acids is 2. The van der Waals surface area contributed by atoms with Crippen LogP contribution in [0.3, 0.4) is 0 Å². The van der Waals surface area contributed by atoms with Gasteiger partial charge in [0.2, 0.25) is 5.91 Å². The number of carbonyl (C=O) groups is 3. The molecule has 2 fully saturated rings. The van der Waals surface area contributed by atoms with Gasteiger partial charge in [0.1, 0.15) is 16.6 Å². The molecule has 0 unspecified atom stereocenters. The average Bonchev–Trinajstić information content (AvgIpc) is 3.31. The van der Waals surface area contributed by atoms with E-state index in [2.05, 4.69) is 9.50 Å². The highest BCUT2D eigenvalue weighted by Crippen LogP contribution is 2.64. The number of halogens is 1. The Morgan fingerprint density at radius 3 is 2.48 bits per heavy atom. The minimum Gasteiger partial charge on any atom is -0.479 e. The summed E-state index contributed by atoms with van der Waals surface area (Å²) in [5, 5.41) is 11.9. The zero-order valence-electron chi connectivity index (χ0n) is 15.5. The summed E-state index contributed by atoms with van der Waals surface area (Å²) < 4.78 is 43.7. The van der Waals surface area contributed by atoms with Gasteiger partial charge in [-0.3, -0.25) is 9.59 Å². The zero-order chi connectivity index (χ0) is 21.6. The second kappa shape index (κ2) is 7.38. The van der Waals surface area contributed by atoms with Crippen LogP contribution in [0.4, 0.5) is 4.39 Å². The predicted octanol–water partition coefficient (Wildman–Crippen LogP) is 0.119. The van der Waals surface area contributed by atoms with E-state index in [1.807, 2.05) is 0 Å². The number of rotatable bonds is 7. The van der Waals surface area contributed by atoms with E-state index < -0.39 is 63.8 Å². The topological polar surface area (TPSA) is 153 Å². The summed E-state index contributed by atoms with van der Waals surface area (Å²) in [6.07, 6.45) is -2.38. The van der Waals surface area contributed by atoms with E-state index >= 15 is 0 Å². The fourth-order valence-corrected chi connectivity index (χ4v) is 4.97. The van der Waals surface area contributed by atoms with Crippen LogP contribution in [-0.2, 0) is 28.7 Å². The highest BCUT2D eigenvalue weighted by atomic mass is 32.2. The van der Waals surface area contributed by atoms with Crippen LogP contribution in [-0.4, -0.2) is 49.6 Å². The molecule has 2 saturated carbocycles. The Labute approximate surface area is 166 Å². The standard InChI is InChI=1S/C18H21FN2O7S/c1-9-2-4-10(5-3-9)29(26,27)28-16(23)14-13-11(19)8-18(15(13)14,17(24)25)21-12(22)6-7-20/h2-5,11,13-15H,6-8,20H2,1H3,(H,21,22)(H,24,25)/t11-,13+,14+,15+,18+/m1/s1. The van der Waals surface area contributed by atoms with Crippen LogP contribution in [0.2, 0.25) is 0 Å². The molecule has 0 heterocycles. The third-order valence-corrected chi connectivity index (χ3v) is 6.70. The number of amides is 1. The third kappa shape index (κ3) is 3.71. The van der Waals surface area contributed by atoms with Gasteiger partial charge in [0, 0.05) is 31.2 Å². The number of hydrogen-bond acceptors (Lipinski definition) is 7. The summed E-state index contributed by atoms with van der Waals surface area (Å²) >= 11 is 0. The van der Waals surface area contributed by atoms with E-state index in [1.165, 1.54) is 24.3 Å². The normalized spacial score (nSPS) is 30.3. The van der Waals surface area contributed by atoms with Crippen LogP contribution in [0.5, 0.6) is 0 Å². The lowest BCUT2D eigenvalue weighted by atomic mass is 9.89. The van der Waals surface area contributed by atoms with E-state index in [1.54, 1.807) is 6.92 Å². The molecule has 0 saturated heterocycles. The molecule has 2 aliphatic carbocycles. The fraction of sp³-hybridized carbons (Fsp3) is 0.500. The molecule has 1 aromatic carbocycles. The van der Waals surface area contributed by atoms with Crippen molar-refractivity contribution >= 4 is 28.0 Å². The third-order valence-electron chi connectivity index (χ3n) is 5.47. The second-order valence-corrected chi connectivity index (χ2v) is 8.93. The number of hydrogen-bond donors (Lipinski definition) is 3. The van der Waals surface area contributed by atoms with Crippen molar-refractivity contribution in [3.05, 3.63) is 29.8 Å². The molecule has 29 heavy (non-hydrogen) atoms. The smallest absolute Gasteiger partial charge is 0.341 e. The quantitative estimate of drug-likeness (QED) is 0.518. The molecule has 0 aromatic heterocycles. The monoisotopic (exact) mass is 428 g/mol. The molecule has 3 rings (SSSR count). The van der Waals surface area contributed by atoms with Gasteiger partial charge in [-0.2, -0.15) is 8.42 Å². The Bertz CT molecular complexity index is 949. The molecule has 2 aliphatic rings. The number of nitrogens with two attached hydrogens (primary N) is 1. The molecule has 0 aliphatic heterocycles. The lowest BCUT2D eigenvalue weighted by Crippen LogP contribution is -2.56. The Morgan fingerprint density at radius 2 is 1.93 bits per heavy atom. The minimum atomic E-state index is -4.44. The summed E-state index contributed by atoms with van der Waals surface area (Å²) in [6.45, 7) is 1.72. The zero-order valence-corrected chi connectivity index (χ0v) is 16.3. The van der Waals surface area contributed by atoms with Gasteiger partial charge in [-0.1, -0.05) is 17.7 Å². The number of aliphatic carboxylic acids is 1. The molecule has 0 bridgehead atoms. The number of alkyl halides is 1. The Hall–Kier alpha value is -2.53.